The van der Waals surface area contributed by atoms with Gasteiger partial charge in [0.15, 0.2) is 5.82 Å². The average molecular weight is 269 g/mol. The molecule has 1 N–H and O–H groups in total. The van der Waals surface area contributed by atoms with Crippen molar-refractivity contribution in [3.05, 3.63) is 11.7 Å². The van der Waals surface area contributed by atoms with Gasteiger partial charge in [0.1, 0.15) is 6.10 Å². The van der Waals surface area contributed by atoms with Crippen LogP contribution in [0.25, 0.3) is 0 Å². The first-order chi connectivity index (χ1) is 9.10. The van der Waals surface area contributed by atoms with Crippen LogP contribution in [0.1, 0.15) is 45.0 Å². The Morgan fingerprint density at radius 1 is 1.53 bits per heavy atom. The number of aromatic nitrogens is 2. The predicted octanol–water partition coefficient (Wildman–Crippen LogP) is 1.37. The maximum absolute atomic E-state index is 9.58. The molecule has 0 saturated carbocycles. The van der Waals surface area contributed by atoms with Crippen molar-refractivity contribution in [2.75, 3.05) is 19.7 Å². The van der Waals surface area contributed by atoms with Gasteiger partial charge in [-0.25, -0.2) is 0 Å². The van der Waals surface area contributed by atoms with Crippen molar-refractivity contribution >= 4 is 0 Å². The summed E-state index contributed by atoms with van der Waals surface area (Å²) in [5.41, 5.74) is 0. The van der Waals surface area contributed by atoms with Crippen LogP contribution in [-0.2, 0) is 11.3 Å². The molecule has 6 nitrogen and oxygen atoms in total. The van der Waals surface area contributed by atoms with Crippen LogP contribution in [0.3, 0.4) is 0 Å². The summed E-state index contributed by atoms with van der Waals surface area (Å²) in [4.78, 5) is 6.59. The Hall–Kier alpha value is -0.980. The van der Waals surface area contributed by atoms with Crippen molar-refractivity contribution in [3.63, 3.8) is 0 Å². The highest BCUT2D eigenvalue weighted by Gasteiger charge is 2.27. The lowest BCUT2D eigenvalue weighted by molar-refractivity contribution is 0.0683. The van der Waals surface area contributed by atoms with E-state index in [0.29, 0.717) is 30.8 Å². The molecule has 3 unspecified atom stereocenters. The molecular formula is C13H23N3O3. The Morgan fingerprint density at radius 3 is 2.95 bits per heavy atom. The second-order valence-corrected chi connectivity index (χ2v) is 5.17. The minimum Gasteiger partial charge on any atom is -0.393 e. The lowest BCUT2D eigenvalue weighted by atomic mass is 10.0. The van der Waals surface area contributed by atoms with E-state index in [4.69, 9.17) is 9.26 Å². The summed E-state index contributed by atoms with van der Waals surface area (Å²) in [6.45, 7) is 8.84. The quantitative estimate of drug-likeness (QED) is 0.841. The molecule has 1 aromatic rings. The van der Waals surface area contributed by atoms with Gasteiger partial charge in [-0.05, 0) is 39.7 Å². The Bertz CT molecular complexity index is 394. The van der Waals surface area contributed by atoms with Crippen molar-refractivity contribution in [2.45, 2.75) is 45.9 Å². The third-order valence-corrected chi connectivity index (χ3v) is 3.61. The zero-order chi connectivity index (χ0) is 13.8. The van der Waals surface area contributed by atoms with E-state index in [1.807, 2.05) is 20.8 Å². The highest BCUT2D eigenvalue weighted by Crippen LogP contribution is 2.21. The second kappa shape index (κ2) is 6.45. The number of rotatable bonds is 6. The first kappa shape index (κ1) is 14.4. The van der Waals surface area contributed by atoms with Crippen LogP contribution in [0.15, 0.2) is 4.52 Å². The summed E-state index contributed by atoms with van der Waals surface area (Å²) in [5, 5.41) is 13.5. The van der Waals surface area contributed by atoms with Crippen molar-refractivity contribution in [1.82, 2.24) is 15.0 Å². The fourth-order valence-electron chi connectivity index (χ4n) is 2.41. The average Bonchev–Trinajstić information content (AvgIpc) is 2.99. The Morgan fingerprint density at radius 2 is 2.32 bits per heavy atom. The summed E-state index contributed by atoms with van der Waals surface area (Å²) < 4.78 is 10.7. The smallest absolute Gasteiger partial charge is 0.240 e. The number of hydrogen-bond acceptors (Lipinski definition) is 6. The molecule has 2 heterocycles. The molecule has 108 valence electrons. The molecule has 1 aliphatic heterocycles. The largest absolute Gasteiger partial charge is 0.393 e. The highest BCUT2D eigenvalue weighted by atomic mass is 16.5. The summed E-state index contributed by atoms with van der Waals surface area (Å²) in [6, 6.07) is 0. The van der Waals surface area contributed by atoms with Gasteiger partial charge in [0, 0.05) is 13.2 Å². The topological polar surface area (TPSA) is 71.6 Å². The van der Waals surface area contributed by atoms with E-state index in [1.54, 1.807) is 0 Å². The van der Waals surface area contributed by atoms with E-state index in [9.17, 15) is 5.11 Å². The van der Waals surface area contributed by atoms with E-state index in [-0.39, 0.29) is 12.2 Å². The second-order valence-electron chi connectivity index (χ2n) is 5.17. The molecule has 6 heteroatoms. The fourth-order valence-corrected chi connectivity index (χ4v) is 2.41. The van der Waals surface area contributed by atoms with Gasteiger partial charge < -0.3 is 14.4 Å². The van der Waals surface area contributed by atoms with Crippen molar-refractivity contribution in [1.29, 1.82) is 0 Å². The first-order valence-corrected chi connectivity index (χ1v) is 6.94. The van der Waals surface area contributed by atoms with E-state index in [2.05, 4.69) is 15.0 Å². The van der Waals surface area contributed by atoms with Crippen molar-refractivity contribution < 1.29 is 14.4 Å². The van der Waals surface area contributed by atoms with Gasteiger partial charge in [0.2, 0.25) is 5.89 Å². The predicted molar refractivity (Wildman–Crippen MR) is 69.4 cm³/mol. The monoisotopic (exact) mass is 269 g/mol. The maximum atomic E-state index is 9.58. The summed E-state index contributed by atoms with van der Waals surface area (Å²) in [5.74, 6) is 1.57. The van der Waals surface area contributed by atoms with Crippen LogP contribution < -0.4 is 0 Å². The zero-order valence-electron chi connectivity index (χ0n) is 11.9. The molecule has 0 aliphatic carbocycles. The molecule has 1 aromatic heterocycles. The molecule has 0 aromatic carbocycles. The minimum atomic E-state index is -0.249. The highest BCUT2D eigenvalue weighted by molar-refractivity contribution is 4.91. The number of hydrogen-bond donors (Lipinski definition) is 1. The molecular weight excluding hydrogens is 246 g/mol. The van der Waals surface area contributed by atoms with Gasteiger partial charge >= 0.3 is 0 Å². The van der Waals surface area contributed by atoms with E-state index >= 15 is 0 Å². The SMILES string of the molecule is CCOC(C)c1noc(CN2CCC(C(C)O)C2)n1. The minimum absolute atomic E-state index is 0.133. The summed E-state index contributed by atoms with van der Waals surface area (Å²) in [6.07, 6.45) is 0.640. The number of aliphatic hydroxyl groups excluding tert-OH is 1. The standard InChI is InChI=1S/C13H23N3O3/c1-4-18-10(3)13-14-12(19-15-13)8-16-6-5-11(7-16)9(2)17/h9-11,17H,4-8H2,1-3H3. The molecule has 0 radical (unpaired) electrons. The molecule has 0 spiro atoms. The van der Waals surface area contributed by atoms with E-state index in [1.165, 1.54) is 0 Å². The summed E-state index contributed by atoms with van der Waals surface area (Å²) in [7, 11) is 0. The Kier molecular flexibility index (Phi) is 4.90. The molecule has 0 amide bonds. The zero-order valence-corrected chi connectivity index (χ0v) is 11.9. The third kappa shape index (κ3) is 3.75. The molecule has 1 saturated heterocycles. The number of likely N-dealkylation sites (tertiary alicyclic amines) is 1. The molecule has 19 heavy (non-hydrogen) atoms. The van der Waals surface area contributed by atoms with Crippen molar-refractivity contribution in [2.24, 2.45) is 5.92 Å². The lowest BCUT2D eigenvalue weighted by Gasteiger charge is -2.15. The van der Waals surface area contributed by atoms with Crippen LogP contribution in [0.4, 0.5) is 0 Å². The Balaban J connectivity index is 1.87. The van der Waals surface area contributed by atoms with Crippen LogP contribution >= 0.6 is 0 Å². The number of ether oxygens (including phenoxy) is 1. The lowest BCUT2D eigenvalue weighted by Crippen LogP contribution is -2.24. The van der Waals surface area contributed by atoms with Gasteiger partial charge in [-0.1, -0.05) is 5.16 Å². The maximum Gasteiger partial charge on any atom is 0.240 e. The van der Waals surface area contributed by atoms with Gasteiger partial charge in [-0.3, -0.25) is 4.90 Å². The normalized spacial score (nSPS) is 23.7. The third-order valence-electron chi connectivity index (χ3n) is 3.61. The van der Waals surface area contributed by atoms with Crippen LogP contribution in [0.2, 0.25) is 0 Å². The summed E-state index contributed by atoms with van der Waals surface area (Å²) >= 11 is 0. The van der Waals surface area contributed by atoms with Crippen molar-refractivity contribution in [3.8, 4) is 0 Å². The van der Waals surface area contributed by atoms with Crippen LogP contribution in [0, 0.1) is 5.92 Å². The van der Waals surface area contributed by atoms with Gasteiger partial charge in [0.05, 0.1) is 12.6 Å². The number of aliphatic hydroxyl groups is 1. The van der Waals surface area contributed by atoms with Gasteiger partial charge in [-0.2, -0.15) is 4.98 Å². The Labute approximate surface area is 113 Å². The molecule has 1 fully saturated rings. The molecule has 2 rings (SSSR count). The first-order valence-electron chi connectivity index (χ1n) is 6.94. The fraction of sp³-hybridized carbons (Fsp3) is 0.846. The van der Waals surface area contributed by atoms with Crippen LogP contribution in [-0.4, -0.2) is 45.9 Å². The van der Waals surface area contributed by atoms with Crippen LogP contribution in [0.5, 0.6) is 0 Å². The van der Waals surface area contributed by atoms with E-state index in [0.717, 1.165) is 19.5 Å². The molecule has 1 aliphatic rings. The molecule has 3 atom stereocenters. The van der Waals surface area contributed by atoms with Gasteiger partial charge in [-0.15, -0.1) is 0 Å². The van der Waals surface area contributed by atoms with E-state index < -0.39 is 0 Å². The van der Waals surface area contributed by atoms with Gasteiger partial charge in [0.25, 0.3) is 0 Å². The molecule has 0 bridgehead atoms. The number of nitrogens with zero attached hydrogens (tertiary/aromatic N) is 3.